The van der Waals surface area contributed by atoms with Crippen LogP contribution >= 0.6 is 0 Å². The molecule has 1 heterocycles. The quantitative estimate of drug-likeness (QED) is 0.831. The minimum atomic E-state index is -0.498. The Hall–Kier alpha value is -1.65. The molecular weight excluding hydrogens is 245 g/mol. The average Bonchev–Trinajstić information content (AvgIpc) is 3.15. The highest BCUT2D eigenvalue weighted by Crippen LogP contribution is 2.33. The Labute approximate surface area is 112 Å². The van der Waals surface area contributed by atoms with Crippen molar-refractivity contribution in [2.45, 2.75) is 39.2 Å². The number of hydrogen-bond donors (Lipinski definition) is 2. The standard InChI is InChI=1S/C14H20FN3O/c1-3-16-13-12(7-11(15)8-17-13)14(19)18-9(2)6-10-4-5-10/h7-10H,3-6H2,1-2H3,(H,16,17)(H,18,19). The van der Waals surface area contributed by atoms with Crippen LogP contribution in [0.15, 0.2) is 12.3 Å². The zero-order chi connectivity index (χ0) is 13.8. The van der Waals surface area contributed by atoms with Crippen molar-refractivity contribution < 1.29 is 9.18 Å². The van der Waals surface area contributed by atoms with E-state index in [1.54, 1.807) is 0 Å². The molecule has 1 aliphatic carbocycles. The van der Waals surface area contributed by atoms with E-state index in [0.29, 0.717) is 12.4 Å². The van der Waals surface area contributed by atoms with Crippen LogP contribution in [-0.2, 0) is 0 Å². The fraction of sp³-hybridized carbons (Fsp3) is 0.571. The number of hydrogen-bond acceptors (Lipinski definition) is 3. The summed E-state index contributed by atoms with van der Waals surface area (Å²) in [5, 5.41) is 5.88. The third kappa shape index (κ3) is 3.91. The highest BCUT2D eigenvalue weighted by Gasteiger charge is 2.25. The first-order chi connectivity index (χ1) is 9.10. The van der Waals surface area contributed by atoms with E-state index in [0.717, 1.165) is 18.5 Å². The van der Waals surface area contributed by atoms with Crippen molar-refractivity contribution in [1.82, 2.24) is 10.3 Å². The predicted octanol–water partition coefficient (Wildman–Crippen LogP) is 2.57. The highest BCUT2D eigenvalue weighted by atomic mass is 19.1. The number of carbonyl (C=O) groups is 1. The second-order valence-electron chi connectivity index (χ2n) is 5.13. The summed E-state index contributed by atoms with van der Waals surface area (Å²) in [6, 6.07) is 1.34. The fourth-order valence-electron chi connectivity index (χ4n) is 2.13. The molecule has 2 N–H and O–H groups in total. The number of nitrogens with zero attached hydrogens (tertiary/aromatic N) is 1. The monoisotopic (exact) mass is 265 g/mol. The van der Waals surface area contributed by atoms with E-state index in [-0.39, 0.29) is 17.5 Å². The number of anilines is 1. The topological polar surface area (TPSA) is 54.0 Å². The average molecular weight is 265 g/mol. The van der Waals surface area contributed by atoms with Crippen molar-refractivity contribution >= 4 is 11.7 Å². The van der Waals surface area contributed by atoms with Crippen LogP contribution in [-0.4, -0.2) is 23.5 Å². The maximum atomic E-state index is 13.2. The molecule has 2 rings (SSSR count). The molecule has 1 amide bonds. The summed E-state index contributed by atoms with van der Waals surface area (Å²) in [4.78, 5) is 16.1. The molecule has 104 valence electrons. The van der Waals surface area contributed by atoms with Gasteiger partial charge in [-0.25, -0.2) is 9.37 Å². The van der Waals surface area contributed by atoms with Gasteiger partial charge in [-0.3, -0.25) is 4.79 Å². The largest absolute Gasteiger partial charge is 0.370 e. The van der Waals surface area contributed by atoms with Crippen LogP contribution in [0.2, 0.25) is 0 Å². The van der Waals surface area contributed by atoms with Crippen LogP contribution < -0.4 is 10.6 Å². The fourth-order valence-corrected chi connectivity index (χ4v) is 2.13. The van der Waals surface area contributed by atoms with E-state index in [9.17, 15) is 9.18 Å². The van der Waals surface area contributed by atoms with Crippen molar-refractivity contribution in [3.63, 3.8) is 0 Å². The second kappa shape index (κ2) is 5.99. The number of aromatic nitrogens is 1. The number of amides is 1. The minimum absolute atomic E-state index is 0.109. The van der Waals surface area contributed by atoms with Crippen molar-refractivity contribution in [3.05, 3.63) is 23.6 Å². The first-order valence-corrected chi connectivity index (χ1v) is 6.80. The summed E-state index contributed by atoms with van der Waals surface area (Å²) in [6.07, 6.45) is 4.61. The normalized spacial score (nSPS) is 15.9. The zero-order valence-corrected chi connectivity index (χ0v) is 11.4. The van der Waals surface area contributed by atoms with Gasteiger partial charge in [0.1, 0.15) is 11.6 Å². The van der Waals surface area contributed by atoms with Crippen LogP contribution in [0, 0.1) is 11.7 Å². The zero-order valence-electron chi connectivity index (χ0n) is 11.4. The van der Waals surface area contributed by atoms with Crippen LogP contribution in [0.25, 0.3) is 0 Å². The van der Waals surface area contributed by atoms with Crippen molar-refractivity contribution in [3.8, 4) is 0 Å². The van der Waals surface area contributed by atoms with Gasteiger partial charge >= 0.3 is 0 Å². The molecule has 0 spiro atoms. The molecule has 19 heavy (non-hydrogen) atoms. The minimum Gasteiger partial charge on any atom is -0.370 e. The maximum absolute atomic E-state index is 13.2. The number of nitrogens with one attached hydrogen (secondary N) is 2. The molecule has 1 unspecified atom stereocenters. The van der Waals surface area contributed by atoms with Gasteiger partial charge in [0, 0.05) is 12.6 Å². The van der Waals surface area contributed by atoms with Crippen molar-refractivity contribution in [2.75, 3.05) is 11.9 Å². The van der Waals surface area contributed by atoms with Gasteiger partial charge in [-0.05, 0) is 32.3 Å². The number of rotatable bonds is 6. The molecule has 0 aliphatic heterocycles. The Morgan fingerprint density at radius 3 is 2.95 bits per heavy atom. The van der Waals surface area contributed by atoms with Crippen LogP contribution in [0.4, 0.5) is 10.2 Å². The molecule has 1 aliphatic rings. The van der Waals surface area contributed by atoms with E-state index in [4.69, 9.17) is 0 Å². The Bertz CT molecular complexity index is 460. The lowest BCUT2D eigenvalue weighted by Crippen LogP contribution is -2.33. The Morgan fingerprint density at radius 2 is 2.32 bits per heavy atom. The van der Waals surface area contributed by atoms with Gasteiger partial charge in [0.05, 0.1) is 11.8 Å². The Balaban J connectivity index is 2.05. The Kier molecular flexibility index (Phi) is 4.35. The van der Waals surface area contributed by atoms with E-state index in [1.165, 1.54) is 18.9 Å². The lowest BCUT2D eigenvalue weighted by Gasteiger charge is -2.15. The summed E-state index contributed by atoms with van der Waals surface area (Å²) in [5.41, 5.74) is 0.268. The molecule has 1 saturated carbocycles. The molecule has 1 atom stereocenters. The predicted molar refractivity (Wildman–Crippen MR) is 72.6 cm³/mol. The number of carbonyl (C=O) groups excluding carboxylic acids is 1. The first kappa shape index (κ1) is 13.8. The van der Waals surface area contributed by atoms with Gasteiger partial charge in [0.15, 0.2) is 0 Å². The van der Waals surface area contributed by atoms with E-state index in [1.807, 2.05) is 13.8 Å². The molecule has 1 fully saturated rings. The Morgan fingerprint density at radius 1 is 1.58 bits per heavy atom. The molecule has 0 aromatic carbocycles. The lowest BCUT2D eigenvalue weighted by molar-refractivity contribution is 0.0937. The molecule has 0 radical (unpaired) electrons. The van der Waals surface area contributed by atoms with Gasteiger partial charge in [-0.2, -0.15) is 0 Å². The molecule has 5 heteroatoms. The van der Waals surface area contributed by atoms with Gasteiger partial charge < -0.3 is 10.6 Å². The van der Waals surface area contributed by atoms with Crippen molar-refractivity contribution in [2.24, 2.45) is 5.92 Å². The number of pyridine rings is 1. The SMILES string of the molecule is CCNc1ncc(F)cc1C(=O)NC(C)CC1CC1. The van der Waals surface area contributed by atoms with E-state index in [2.05, 4.69) is 15.6 Å². The summed E-state index contributed by atoms with van der Waals surface area (Å²) in [6.45, 7) is 4.52. The maximum Gasteiger partial charge on any atom is 0.255 e. The molecule has 1 aromatic rings. The van der Waals surface area contributed by atoms with Crippen LogP contribution in [0.1, 0.15) is 43.5 Å². The summed E-state index contributed by atoms with van der Waals surface area (Å²) in [5.74, 6) is 0.409. The lowest BCUT2D eigenvalue weighted by atomic mass is 10.1. The van der Waals surface area contributed by atoms with Gasteiger partial charge in [0.2, 0.25) is 0 Å². The summed E-state index contributed by atoms with van der Waals surface area (Å²) < 4.78 is 13.2. The summed E-state index contributed by atoms with van der Waals surface area (Å²) >= 11 is 0. The third-order valence-corrected chi connectivity index (χ3v) is 3.20. The van der Waals surface area contributed by atoms with E-state index >= 15 is 0 Å². The van der Waals surface area contributed by atoms with Crippen LogP contribution in [0.3, 0.4) is 0 Å². The van der Waals surface area contributed by atoms with E-state index < -0.39 is 5.82 Å². The first-order valence-electron chi connectivity index (χ1n) is 6.80. The molecule has 0 saturated heterocycles. The highest BCUT2D eigenvalue weighted by molar-refractivity contribution is 5.98. The van der Waals surface area contributed by atoms with Gasteiger partial charge in [-0.1, -0.05) is 12.8 Å². The molecule has 4 nitrogen and oxygen atoms in total. The van der Waals surface area contributed by atoms with Gasteiger partial charge in [-0.15, -0.1) is 0 Å². The number of halogens is 1. The van der Waals surface area contributed by atoms with Crippen molar-refractivity contribution in [1.29, 1.82) is 0 Å². The summed E-state index contributed by atoms with van der Waals surface area (Å²) in [7, 11) is 0. The van der Waals surface area contributed by atoms with Gasteiger partial charge in [0.25, 0.3) is 5.91 Å². The molecule has 1 aromatic heterocycles. The van der Waals surface area contributed by atoms with Crippen LogP contribution in [0.5, 0.6) is 0 Å². The molecule has 0 bridgehead atoms. The second-order valence-corrected chi connectivity index (χ2v) is 5.13. The smallest absolute Gasteiger partial charge is 0.255 e. The molecular formula is C14H20FN3O. The third-order valence-electron chi connectivity index (χ3n) is 3.20.